The SMILES string of the molecule is N[C@@H](Cc1ccc(O)cc1)C(=O)OC(C(F)(F)F)(C(F)(F)F)C(F)(F)F. The Morgan fingerprint density at radius 3 is 1.65 bits per heavy atom. The van der Waals surface area contributed by atoms with Gasteiger partial charge in [-0.2, -0.15) is 39.5 Å². The van der Waals surface area contributed by atoms with Crippen molar-refractivity contribution in [2.75, 3.05) is 0 Å². The van der Waals surface area contributed by atoms with Crippen LogP contribution >= 0.6 is 0 Å². The Morgan fingerprint density at radius 1 is 0.923 bits per heavy atom. The number of phenols is 1. The van der Waals surface area contributed by atoms with Crippen molar-refractivity contribution in [2.24, 2.45) is 5.73 Å². The molecule has 3 N–H and O–H groups in total. The van der Waals surface area contributed by atoms with Crippen LogP contribution in [0, 0.1) is 0 Å². The third-order valence-electron chi connectivity index (χ3n) is 3.15. The van der Waals surface area contributed by atoms with E-state index >= 15 is 0 Å². The molecule has 0 saturated heterocycles. The highest BCUT2D eigenvalue weighted by molar-refractivity contribution is 5.76. The van der Waals surface area contributed by atoms with Crippen LogP contribution in [0.3, 0.4) is 0 Å². The second-order valence-electron chi connectivity index (χ2n) is 5.07. The summed E-state index contributed by atoms with van der Waals surface area (Å²) in [4.78, 5) is 11.5. The van der Waals surface area contributed by atoms with Gasteiger partial charge in [-0.15, -0.1) is 0 Å². The number of alkyl halides is 9. The molecule has 0 aliphatic carbocycles. The number of carbonyl (C=O) groups is 1. The van der Waals surface area contributed by atoms with E-state index in [1.807, 2.05) is 0 Å². The van der Waals surface area contributed by atoms with Crippen molar-refractivity contribution in [2.45, 2.75) is 36.6 Å². The molecule has 0 aliphatic heterocycles. The second-order valence-corrected chi connectivity index (χ2v) is 5.07. The number of nitrogens with two attached hydrogens (primary N) is 1. The van der Waals surface area contributed by atoms with Crippen LogP contribution in [0.2, 0.25) is 0 Å². The van der Waals surface area contributed by atoms with Crippen molar-refractivity contribution in [1.29, 1.82) is 0 Å². The van der Waals surface area contributed by atoms with Gasteiger partial charge in [-0.25, -0.2) is 0 Å². The zero-order valence-electron chi connectivity index (χ0n) is 12.3. The van der Waals surface area contributed by atoms with Gasteiger partial charge in [0.25, 0.3) is 0 Å². The van der Waals surface area contributed by atoms with E-state index in [-0.39, 0.29) is 11.3 Å². The van der Waals surface area contributed by atoms with Crippen molar-refractivity contribution < 1.29 is 54.2 Å². The lowest BCUT2D eigenvalue weighted by Crippen LogP contribution is -2.69. The largest absolute Gasteiger partial charge is 0.508 e. The summed E-state index contributed by atoms with van der Waals surface area (Å²) >= 11 is 0. The van der Waals surface area contributed by atoms with Crippen molar-refractivity contribution >= 4 is 5.97 Å². The van der Waals surface area contributed by atoms with Crippen LogP contribution in [0.1, 0.15) is 5.56 Å². The molecule has 1 aromatic rings. The minimum absolute atomic E-state index is 0.0453. The smallest absolute Gasteiger partial charge is 0.447 e. The fourth-order valence-electron chi connectivity index (χ4n) is 1.85. The Morgan fingerprint density at radius 2 is 1.31 bits per heavy atom. The third-order valence-corrected chi connectivity index (χ3v) is 3.15. The molecule has 1 rings (SSSR count). The summed E-state index contributed by atoms with van der Waals surface area (Å²) in [6, 6.07) is 2.06. The quantitative estimate of drug-likeness (QED) is 0.603. The van der Waals surface area contributed by atoms with E-state index in [4.69, 9.17) is 10.8 Å². The monoisotopic (exact) mass is 399 g/mol. The number of hydrogen-bond donors (Lipinski definition) is 2. The molecule has 0 heterocycles. The van der Waals surface area contributed by atoms with E-state index in [2.05, 4.69) is 4.74 Å². The molecular weight excluding hydrogens is 389 g/mol. The van der Waals surface area contributed by atoms with E-state index in [1.54, 1.807) is 0 Å². The standard InChI is InChI=1S/C13H10F9NO3/c14-11(15,16)10(12(17,18)19,13(20,21)22)26-9(25)8(23)5-6-1-3-7(24)4-2-6/h1-4,8,24H,5,23H2/t8-/m0/s1. The van der Waals surface area contributed by atoms with Gasteiger partial charge in [0.2, 0.25) is 0 Å². The lowest BCUT2D eigenvalue weighted by Gasteiger charge is -2.37. The molecule has 0 unspecified atom stereocenters. The van der Waals surface area contributed by atoms with E-state index < -0.39 is 42.6 Å². The van der Waals surface area contributed by atoms with E-state index in [0.717, 1.165) is 24.3 Å². The maximum atomic E-state index is 12.7. The number of aromatic hydroxyl groups is 1. The molecule has 0 aromatic heterocycles. The molecule has 1 aromatic carbocycles. The number of benzene rings is 1. The summed E-state index contributed by atoms with van der Waals surface area (Å²) in [5.74, 6) is -2.81. The summed E-state index contributed by atoms with van der Waals surface area (Å²) in [5, 5.41) is 9.02. The highest BCUT2D eigenvalue weighted by Crippen LogP contribution is 2.55. The molecular formula is C13H10F9NO3. The maximum absolute atomic E-state index is 12.7. The number of hydrogen-bond acceptors (Lipinski definition) is 4. The van der Waals surface area contributed by atoms with Crippen molar-refractivity contribution in [3.05, 3.63) is 29.8 Å². The van der Waals surface area contributed by atoms with Gasteiger partial charge >= 0.3 is 30.1 Å². The van der Waals surface area contributed by atoms with E-state index in [9.17, 15) is 44.3 Å². The first-order chi connectivity index (χ1) is 11.5. The average Bonchev–Trinajstić information content (AvgIpc) is 2.42. The summed E-state index contributed by atoms with van der Waals surface area (Å²) in [6.45, 7) is 0. The fraction of sp³-hybridized carbons (Fsp3) is 0.462. The molecule has 148 valence electrons. The van der Waals surface area contributed by atoms with Gasteiger partial charge in [0, 0.05) is 0 Å². The molecule has 13 heteroatoms. The number of halogens is 9. The summed E-state index contributed by atoms with van der Waals surface area (Å²) in [5.41, 5.74) is -1.58. The number of esters is 1. The van der Waals surface area contributed by atoms with Gasteiger partial charge in [0.05, 0.1) is 0 Å². The predicted molar refractivity (Wildman–Crippen MR) is 66.8 cm³/mol. The van der Waals surface area contributed by atoms with Crippen LogP contribution in [0.15, 0.2) is 24.3 Å². The zero-order chi connectivity index (χ0) is 20.6. The number of ether oxygens (including phenoxy) is 1. The Hall–Kier alpha value is -2.18. The molecule has 0 saturated carbocycles. The topological polar surface area (TPSA) is 72.5 Å². The van der Waals surface area contributed by atoms with Crippen LogP contribution in [0.5, 0.6) is 5.75 Å². The molecule has 0 spiro atoms. The minimum atomic E-state index is -7.03. The van der Waals surface area contributed by atoms with Crippen LogP contribution in [0.25, 0.3) is 0 Å². The normalized spacial score (nSPS) is 14.8. The van der Waals surface area contributed by atoms with Gasteiger partial charge in [-0.05, 0) is 24.1 Å². The van der Waals surface area contributed by atoms with Gasteiger partial charge < -0.3 is 15.6 Å². The molecule has 0 bridgehead atoms. The molecule has 1 atom stereocenters. The lowest BCUT2D eigenvalue weighted by molar-refractivity contribution is -0.446. The van der Waals surface area contributed by atoms with Crippen molar-refractivity contribution in [3.63, 3.8) is 0 Å². The first-order valence-electron chi connectivity index (χ1n) is 6.49. The zero-order valence-corrected chi connectivity index (χ0v) is 12.3. The van der Waals surface area contributed by atoms with Gasteiger partial charge in [-0.1, -0.05) is 12.1 Å². The Balaban J connectivity index is 3.18. The highest BCUT2D eigenvalue weighted by atomic mass is 19.4. The molecule has 0 amide bonds. The number of carbonyl (C=O) groups excluding carboxylic acids is 1. The summed E-state index contributed by atoms with van der Waals surface area (Å²) < 4.78 is 117. The lowest BCUT2D eigenvalue weighted by atomic mass is 10.0. The summed E-state index contributed by atoms with van der Waals surface area (Å²) in [6.07, 6.45) is -21.8. The molecule has 0 aliphatic rings. The van der Waals surface area contributed by atoms with Crippen molar-refractivity contribution in [3.8, 4) is 5.75 Å². The predicted octanol–water partition coefficient (Wildman–Crippen LogP) is 3.23. The van der Waals surface area contributed by atoms with E-state index in [1.165, 1.54) is 0 Å². The highest BCUT2D eigenvalue weighted by Gasteiger charge is 2.87. The van der Waals surface area contributed by atoms with Gasteiger partial charge in [-0.3, -0.25) is 4.79 Å². The van der Waals surface area contributed by atoms with Crippen molar-refractivity contribution in [1.82, 2.24) is 0 Å². The van der Waals surface area contributed by atoms with Crippen LogP contribution in [-0.4, -0.2) is 41.2 Å². The molecule has 26 heavy (non-hydrogen) atoms. The Bertz CT molecular complexity index is 598. The Labute approximate surface area is 139 Å². The second kappa shape index (κ2) is 6.85. The van der Waals surface area contributed by atoms with Crippen LogP contribution in [-0.2, 0) is 16.0 Å². The minimum Gasteiger partial charge on any atom is -0.508 e. The van der Waals surface area contributed by atoms with Crippen LogP contribution < -0.4 is 5.73 Å². The number of rotatable bonds is 4. The van der Waals surface area contributed by atoms with Crippen LogP contribution in [0.4, 0.5) is 39.5 Å². The third kappa shape index (κ3) is 4.14. The fourth-order valence-corrected chi connectivity index (χ4v) is 1.85. The molecule has 4 nitrogen and oxygen atoms in total. The van der Waals surface area contributed by atoms with E-state index in [0.29, 0.717) is 0 Å². The molecule has 0 fully saturated rings. The maximum Gasteiger partial charge on any atom is 0.447 e. The average molecular weight is 399 g/mol. The first-order valence-corrected chi connectivity index (χ1v) is 6.49. The van der Waals surface area contributed by atoms with Gasteiger partial charge in [0.15, 0.2) is 0 Å². The first kappa shape index (κ1) is 21.9. The Kier molecular flexibility index (Phi) is 5.76. The number of phenolic OH excluding ortho intramolecular Hbond substituents is 1. The molecule has 0 radical (unpaired) electrons. The van der Waals surface area contributed by atoms with Gasteiger partial charge in [0.1, 0.15) is 11.8 Å². The summed E-state index contributed by atoms with van der Waals surface area (Å²) in [7, 11) is 0.